The standard InChI is InChI=1S/C24H23N3O10S2/c28-8-5-25-38(33,34)13-1-4-18-16(11-13)14-2-3-15-20-17(24(32)27(7-10-30)23(15)31)12-19(22(37-18)21(14)20)39(35,36)26-6-9-29/h1-4,11-12,25-26,28-30H,5-10H2. The highest BCUT2D eigenvalue weighted by atomic mass is 32.2. The number of nitrogens with one attached hydrogen (secondary N) is 2. The number of aromatic nitrogens is 1. The molecule has 39 heavy (non-hydrogen) atoms. The Balaban J connectivity index is 1.98. The molecular weight excluding hydrogens is 554 g/mol. The number of fused-ring (bicyclic) bond motifs is 2. The third kappa shape index (κ3) is 4.37. The lowest BCUT2D eigenvalue weighted by molar-refractivity contribution is 0.273. The summed E-state index contributed by atoms with van der Waals surface area (Å²) < 4.78 is 63.2. The molecule has 3 aromatic carbocycles. The maximum Gasteiger partial charge on any atom is 0.261 e. The minimum Gasteiger partial charge on any atom is -0.455 e. The van der Waals surface area contributed by atoms with Crippen LogP contribution in [0.1, 0.15) is 0 Å². The lowest BCUT2D eigenvalue weighted by atomic mass is 9.96. The molecular formula is C24H23N3O10S2. The minimum atomic E-state index is -4.34. The molecule has 0 spiro atoms. The zero-order valence-electron chi connectivity index (χ0n) is 20.2. The maximum absolute atomic E-state index is 13.3. The van der Waals surface area contributed by atoms with Crippen molar-refractivity contribution in [3.8, 4) is 0 Å². The van der Waals surface area contributed by atoms with Crippen molar-refractivity contribution in [3.05, 3.63) is 57.1 Å². The van der Waals surface area contributed by atoms with Crippen LogP contribution in [-0.2, 0) is 26.6 Å². The number of aliphatic hydroxyl groups excluding tert-OH is 3. The van der Waals surface area contributed by atoms with E-state index in [0.29, 0.717) is 5.39 Å². The Labute approximate surface area is 220 Å². The van der Waals surface area contributed by atoms with Gasteiger partial charge < -0.3 is 19.7 Å². The van der Waals surface area contributed by atoms with Gasteiger partial charge in [-0.25, -0.2) is 26.3 Å². The number of nitrogens with zero attached hydrogens (tertiary/aromatic N) is 1. The van der Waals surface area contributed by atoms with Gasteiger partial charge in [0.15, 0.2) is 5.58 Å². The summed E-state index contributed by atoms with van der Waals surface area (Å²) >= 11 is 0. The third-order valence-corrected chi connectivity index (χ3v) is 9.26. The molecule has 13 nitrogen and oxygen atoms in total. The van der Waals surface area contributed by atoms with Crippen LogP contribution in [0.2, 0.25) is 0 Å². The van der Waals surface area contributed by atoms with E-state index in [0.717, 1.165) is 10.6 Å². The molecule has 15 heteroatoms. The van der Waals surface area contributed by atoms with Gasteiger partial charge in [-0.2, -0.15) is 0 Å². The van der Waals surface area contributed by atoms with Crippen molar-refractivity contribution < 1.29 is 36.6 Å². The van der Waals surface area contributed by atoms with Crippen molar-refractivity contribution in [2.75, 3.05) is 32.9 Å². The Bertz CT molecular complexity index is 2080. The molecule has 0 saturated heterocycles. The average molecular weight is 578 g/mol. The summed E-state index contributed by atoms with van der Waals surface area (Å²) in [5.74, 6) is 0. The Kier molecular flexibility index (Phi) is 6.92. The van der Waals surface area contributed by atoms with E-state index in [4.69, 9.17) is 14.6 Å². The summed E-state index contributed by atoms with van der Waals surface area (Å²) in [4.78, 5) is 25.9. The number of benzene rings is 3. The van der Waals surface area contributed by atoms with Gasteiger partial charge in [0.05, 0.1) is 36.6 Å². The predicted octanol–water partition coefficient (Wildman–Crippen LogP) is -0.614. The first kappa shape index (κ1) is 27.1. The van der Waals surface area contributed by atoms with Crippen LogP contribution < -0.4 is 20.6 Å². The SMILES string of the molecule is O=c1c2ccc3c4cc(S(=O)(=O)NCCO)ccc4oc4c(S(=O)(=O)NCCO)cc(c(=O)n1CCO)c2c43. The van der Waals surface area contributed by atoms with Crippen LogP contribution >= 0.6 is 0 Å². The lowest BCUT2D eigenvalue weighted by Crippen LogP contribution is -2.34. The molecule has 2 aromatic heterocycles. The van der Waals surface area contributed by atoms with E-state index in [2.05, 4.69) is 9.44 Å². The zero-order chi connectivity index (χ0) is 28.1. The van der Waals surface area contributed by atoms with E-state index in [-0.39, 0.29) is 62.6 Å². The number of hydrogen-bond acceptors (Lipinski definition) is 10. The van der Waals surface area contributed by atoms with E-state index < -0.39 is 55.9 Å². The van der Waals surface area contributed by atoms with Crippen molar-refractivity contribution in [2.24, 2.45) is 0 Å². The number of rotatable bonds is 10. The molecule has 0 aliphatic rings. The first-order valence-electron chi connectivity index (χ1n) is 11.7. The highest BCUT2D eigenvalue weighted by Crippen LogP contribution is 2.40. The molecule has 0 saturated carbocycles. The summed E-state index contributed by atoms with van der Waals surface area (Å²) in [6.07, 6.45) is 0. The summed E-state index contributed by atoms with van der Waals surface area (Å²) in [6, 6.07) is 7.96. The van der Waals surface area contributed by atoms with Gasteiger partial charge in [-0.05, 0) is 35.7 Å². The fourth-order valence-corrected chi connectivity index (χ4v) is 6.90. The van der Waals surface area contributed by atoms with E-state index in [9.17, 15) is 31.5 Å². The smallest absolute Gasteiger partial charge is 0.261 e. The first-order chi connectivity index (χ1) is 18.6. The van der Waals surface area contributed by atoms with Gasteiger partial charge in [0, 0.05) is 34.6 Å². The van der Waals surface area contributed by atoms with Crippen LogP contribution in [0.25, 0.3) is 43.5 Å². The van der Waals surface area contributed by atoms with Crippen LogP contribution in [0.3, 0.4) is 0 Å². The molecule has 206 valence electrons. The molecule has 5 N–H and O–H groups in total. The summed E-state index contributed by atoms with van der Waals surface area (Å²) in [5, 5.41) is 28.4. The molecule has 0 aliphatic carbocycles. The molecule has 0 amide bonds. The normalized spacial score (nSPS) is 12.9. The number of hydrogen-bond donors (Lipinski definition) is 5. The largest absolute Gasteiger partial charge is 0.455 e. The van der Waals surface area contributed by atoms with Crippen molar-refractivity contribution in [3.63, 3.8) is 0 Å². The summed E-state index contributed by atoms with van der Waals surface area (Å²) in [6.45, 7) is -2.25. The predicted molar refractivity (Wildman–Crippen MR) is 142 cm³/mol. The van der Waals surface area contributed by atoms with Gasteiger partial charge >= 0.3 is 0 Å². The van der Waals surface area contributed by atoms with Gasteiger partial charge in [-0.3, -0.25) is 14.2 Å². The number of aliphatic hydroxyl groups is 3. The Hall–Kier alpha value is -3.44. The number of sulfonamides is 2. The summed E-state index contributed by atoms with van der Waals surface area (Å²) in [7, 11) is -8.36. The molecule has 0 aliphatic heterocycles. The quantitative estimate of drug-likeness (QED) is 0.105. The lowest BCUT2D eigenvalue weighted by Gasteiger charge is -2.17. The minimum absolute atomic E-state index is 0.0748. The second-order valence-electron chi connectivity index (χ2n) is 8.65. The van der Waals surface area contributed by atoms with Gasteiger partial charge in [-0.15, -0.1) is 0 Å². The fraction of sp³-hybridized carbons (Fsp3) is 0.250. The zero-order valence-corrected chi connectivity index (χ0v) is 21.8. The highest BCUT2D eigenvalue weighted by molar-refractivity contribution is 7.90. The molecule has 5 aromatic rings. The van der Waals surface area contributed by atoms with Gasteiger partial charge in [0.1, 0.15) is 10.5 Å². The van der Waals surface area contributed by atoms with Crippen LogP contribution in [0.4, 0.5) is 0 Å². The van der Waals surface area contributed by atoms with Crippen LogP contribution in [0.15, 0.2) is 60.2 Å². The van der Waals surface area contributed by atoms with Crippen LogP contribution in [0, 0.1) is 0 Å². The first-order valence-corrected chi connectivity index (χ1v) is 14.7. The molecule has 0 radical (unpaired) electrons. The molecule has 0 bridgehead atoms. The second-order valence-corrected chi connectivity index (χ2v) is 12.2. The van der Waals surface area contributed by atoms with Crippen molar-refractivity contribution in [1.82, 2.24) is 14.0 Å². The number of pyridine rings is 1. The van der Waals surface area contributed by atoms with Crippen LogP contribution in [-0.4, -0.2) is 69.6 Å². The van der Waals surface area contributed by atoms with E-state index in [1.165, 1.54) is 30.3 Å². The molecule has 5 rings (SSSR count). The van der Waals surface area contributed by atoms with Gasteiger partial charge in [0.25, 0.3) is 11.1 Å². The van der Waals surface area contributed by atoms with Crippen LogP contribution in [0.5, 0.6) is 0 Å². The Morgan fingerprint density at radius 3 is 2.03 bits per heavy atom. The Morgan fingerprint density at radius 1 is 0.718 bits per heavy atom. The second kappa shape index (κ2) is 9.95. The molecule has 0 unspecified atom stereocenters. The Morgan fingerprint density at radius 2 is 1.36 bits per heavy atom. The average Bonchev–Trinajstić information content (AvgIpc) is 2.92. The molecule has 2 heterocycles. The van der Waals surface area contributed by atoms with E-state index in [1.807, 2.05) is 0 Å². The van der Waals surface area contributed by atoms with Crippen molar-refractivity contribution in [2.45, 2.75) is 16.3 Å². The van der Waals surface area contributed by atoms with Gasteiger partial charge in [-0.1, -0.05) is 6.07 Å². The van der Waals surface area contributed by atoms with Crippen molar-refractivity contribution in [1.29, 1.82) is 0 Å². The maximum atomic E-state index is 13.3. The van der Waals surface area contributed by atoms with Crippen molar-refractivity contribution >= 4 is 63.5 Å². The third-order valence-electron chi connectivity index (χ3n) is 6.34. The molecule has 0 atom stereocenters. The topological polar surface area (TPSA) is 205 Å². The van der Waals surface area contributed by atoms with Gasteiger partial charge in [0.2, 0.25) is 20.0 Å². The molecule has 0 fully saturated rings. The summed E-state index contributed by atoms with van der Waals surface area (Å²) in [5.41, 5.74) is -1.56. The fourth-order valence-electron chi connectivity index (χ4n) is 4.68. The highest BCUT2D eigenvalue weighted by Gasteiger charge is 2.27. The van der Waals surface area contributed by atoms with E-state index >= 15 is 0 Å². The van der Waals surface area contributed by atoms with E-state index in [1.54, 1.807) is 0 Å². The monoisotopic (exact) mass is 577 g/mol.